The highest BCUT2D eigenvalue weighted by atomic mass is 127. The molecule has 2 aromatic rings. The zero-order valence-electron chi connectivity index (χ0n) is 15.2. The van der Waals surface area contributed by atoms with Crippen molar-refractivity contribution in [1.82, 2.24) is 25.4 Å². The van der Waals surface area contributed by atoms with Crippen LogP contribution in [0.4, 0.5) is 0 Å². The Labute approximate surface area is 165 Å². The molecule has 2 N–H and O–H groups in total. The van der Waals surface area contributed by atoms with Crippen molar-refractivity contribution in [2.75, 3.05) is 13.6 Å². The van der Waals surface area contributed by atoms with Crippen LogP contribution < -0.4 is 10.6 Å². The van der Waals surface area contributed by atoms with Crippen molar-refractivity contribution in [2.45, 2.75) is 40.7 Å². The van der Waals surface area contributed by atoms with Crippen LogP contribution in [-0.2, 0) is 20.0 Å². The fourth-order valence-corrected chi connectivity index (χ4v) is 3.35. The minimum Gasteiger partial charge on any atom is -0.356 e. The summed E-state index contributed by atoms with van der Waals surface area (Å²) in [7, 11) is 3.77. The molecule has 0 aliphatic carbocycles. The van der Waals surface area contributed by atoms with Crippen molar-refractivity contribution in [3.63, 3.8) is 0 Å². The van der Waals surface area contributed by atoms with Crippen LogP contribution in [0.2, 0.25) is 0 Å². The van der Waals surface area contributed by atoms with Crippen molar-refractivity contribution in [1.29, 1.82) is 0 Å². The summed E-state index contributed by atoms with van der Waals surface area (Å²) in [5, 5.41) is 12.2. The molecule has 2 rings (SSSR count). The molecule has 0 unspecified atom stereocenters. The van der Waals surface area contributed by atoms with E-state index < -0.39 is 0 Å². The lowest BCUT2D eigenvalue weighted by Crippen LogP contribution is -2.37. The predicted octanol–water partition coefficient (Wildman–Crippen LogP) is 2.64. The number of nitrogens with zero attached hydrogens (tertiary/aromatic N) is 4. The molecule has 0 fully saturated rings. The standard InChI is InChI=1S/C16H26N6S.HI/c1-10-13(4)23-15(20-10)9-19-16(17-5)18-8-7-14-11(2)21-22(6)12(14)3;/h7-9H2,1-6H3,(H2,17,18,19);1H. The average molecular weight is 462 g/mol. The summed E-state index contributed by atoms with van der Waals surface area (Å²) in [6.07, 6.45) is 0.932. The molecule has 2 aromatic heterocycles. The summed E-state index contributed by atoms with van der Waals surface area (Å²) in [6.45, 7) is 9.83. The van der Waals surface area contributed by atoms with Crippen molar-refractivity contribution >= 4 is 41.3 Å². The number of aromatic nitrogens is 3. The van der Waals surface area contributed by atoms with E-state index in [0.717, 1.165) is 35.3 Å². The van der Waals surface area contributed by atoms with Gasteiger partial charge in [0.05, 0.1) is 17.9 Å². The normalized spacial score (nSPS) is 11.3. The van der Waals surface area contributed by atoms with Gasteiger partial charge in [0, 0.05) is 31.2 Å². The smallest absolute Gasteiger partial charge is 0.191 e. The number of aryl methyl sites for hydroxylation is 4. The summed E-state index contributed by atoms with van der Waals surface area (Å²) in [6, 6.07) is 0. The average Bonchev–Trinajstić information content (AvgIpc) is 2.95. The topological polar surface area (TPSA) is 67.1 Å². The van der Waals surface area contributed by atoms with Crippen LogP contribution in [0.5, 0.6) is 0 Å². The van der Waals surface area contributed by atoms with Crippen molar-refractivity contribution < 1.29 is 0 Å². The number of halogens is 1. The van der Waals surface area contributed by atoms with E-state index in [1.54, 1.807) is 18.4 Å². The predicted molar refractivity (Wildman–Crippen MR) is 112 cm³/mol. The second-order valence-corrected chi connectivity index (χ2v) is 6.91. The van der Waals surface area contributed by atoms with Gasteiger partial charge in [0.25, 0.3) is 0 Å². The third-order valence-electron chi connectivity index (χ3n) is 4.03. The quantitative estimate of drug-likeness (QED) is 0.408. The van der Waals surface area contributed by atoms with Gasteiger partial charge in [0.15, 0.2) is 5.96 Å². The summed E-state index contributed by atoms with van der Waals surface area (Å²) < 4.78 is 1.94. The lowest BCUT2D eigenvalue weighted by Gasteiger charge is -2.11. The Morgan fingerprint density at radius 1 is 1.17 bits per heavy atom. The number of nitrogens with one attached hydrogen (secondary N) is 2. The first kappa shape index (κ1) is 20.9. The fraction of sp³-hybridized carbons (Fsp3) is 0.562. The molecule has 0 atom stereocenters. The minimum absolute atomic E-state index is 0. The number of guanidine groups is 1. The highest BCUT2D eigenvalue weighted by Crippen LogP contribution is 2.16. The Morgan fingerprint density at radius 3 is 2.38 bits per heavy atom. The van der Waals surface area contributed by atoms with E-state index in [2.05, 4.69) is 46.5 Å². The van der Waals surface area contributed by atoms with Gasteiger partial charge in [-0.2, -0.15) is 5.10 Å². The number of rotatable bonds is 5. The number of hydrogen-bond donors (Lipinski definition) is 2. The van der Waals surface area contributed by atoms with E-state index in [1.807, 2.05) is 18.7 Å². The Balaban J connectivity index is 0.00000288. The third-order valence-corrected chi connectivity index (χ3v) is 5.10. The zero-order valence-corrected chi connectivity index (χ0v) is 18.4. The molecule has 0 aliphatic rings. The highest BCUT2D eigenvalue weighted by molar-refractivity contribution is 14.0. The van der Waals surface area contributed by atoms with E-state index in [9.17, 15) is 0 Å². The maximum atomic E-state index is 4.53. The second kappa shape index (κ2) is 9.36. The molecule has 0 aromatic carbocycles. The summed E-state index contributed by atoms with van der Waals surface area (Å²) >= 11 is 1.73. The molecular formula is C16H27IN6S. The maximum absolute atomic E-state index is 4.53. The second-order valence-electron chi connectivity index (χ2n) is 5.62. The maximum Gasteiger partial charge on any atom is 0.191 e. The van der Waals surface area contributed by atoms with Crippen LogP contribution in [0.1, 0.15) is 32.5 Å². The fourth-order valence-electron chi connectivity index (χ4n) is 2.48. The van der Waals surface area contributed by atoms with Crippen molar-refractivity contribution in [3.05, 3.63) is 32.5 Å². The molecule has 0 bridgehead atoms. The molecule has 0 amide bonds. The van der Waals surface area contributed by atoms with Crippen molar-refractivity contribution in [3.8, 4) is 0 Å². The Morgan fingerprint density at radius 2 is 1.88 bits per heavy atom. The van der Waals surface area contributed by atoms with E-state index in [1.165, 1.54) is 16.1 Å². The highest BCUT2D eigenvalue weighted by Gasteiger charge is 2.09. The van der Waals surface area contributed by atoms with E-state index >= 15 is 0 Å². The molecule has 6 nitrogen and oxygen atoms in total. The van der Waals surface area contributed by atoms with Crippen LogP contribution in [0.25, 0.3) is 0 Å². The first-order valence-electron chi connectivity index (χ1n) is 7.78. The van der Waals surface area contributed by atoms with Crippen LogP contribution in [0, 0.1) is 27.7 Å². The lowest BCUT2D eigenvalue weighted by molar-refractivity contribution is 0.728. The number of hydrogen-bond acceptors (Lipinski definition) is 4. The van der Waals surface area contributed by atoms with Gasteiger partial charge >= 0.3 is 0 Å². The molecule has 0 spiro atoms. The van der Waals surface area contributed by atoms with Gasteiger partial charge in [-0.3, -0.25) is 9.67 Å². The van der Waals surface area contributed by atoms with E-state index in [4.69, 9.17) is 0 Å². The van der Waals surface area contributed by atoms with Crippen molar-refractivity contribution in [2.24, 2.45) is 12.0 Å². The van der Waals surface area contributed by atoms with E-state index in [0.29, 0.717) is 6.54 Å². The number of aliphatic imine (C=N–C) groups is 1. The zero-order chi connectivity index (χ0) is 17.0. The van der Waals surface area contributed by atoms with Gasteiger partial charge < -0.3 is 10.6 Å². The molecule has 24 heavy (non-hydrogen) atoms. The van der Waals surface area contributed by atoms with Crippen LogP contribution in [0.3, 0.4) is 0 Å². The van der Waals surface area contributed by atoms with Gasteiger partial charge in [0.1, 0.15) is 5.01 Å². The molecule has 2 heterocycles. The Bertz CT molecular complexity index is 684. The monoisotopic (exact) mass is 462 g/mol. The van der Waals surface area contributed by atoms with Crippen LogP contribution in [-0.4, -0.2) is 34.3 Å². The third kappa shape index (κ3) is 5.17. The SMILES string of the molecule is CN=C(NCCc1c(C)nn(C)c1C)NCc1nc(C)c(C)s1.I. The van der Waals surface area contributed by atoms with Gasteiger partial charge in [0.2, 0.25) is 0 Å². The van der Waals surface area contributed by atoms with Gasteiger partial charge in [-0.05, 0) is 39.7 Å². The van der Waals surface area contributed by atoms with Gasteiger partial charge in [-0.25, -0.2) is 4.98 Å². The summed E-state index contributed by atoms with van der Waals surface area (Å²) in [5.74, 6) is 0.801. The Kier molecular flexibility index (Phi) is 8.14. The first-order chi connectivity index (χ1) is 10.9. The molecule has 0 saturated heterocycles. The molecule has 0 saturated carbocycles. The largest absolute Gasteiger partial charge is 0.356 e. The lowest BCUT2D eigenvalue weighted by atomic mass is 10.1. The minimum atomic E-state index is 0. The molecule has 0 aliphatic heterocycles. The van der Waals surface area contributed by atoms with Gasteiger partial charge in [-0.15, -0.1) is 35.3 Å². The van der Waals surface area contributed by atoms with Crippen LogP contribution in [0.15, 0.2) is 4.99 Å². The van der Waals surface area contributed by atoms with Crippen LogP contribution >= 0.6 is 35.3 Å². The molecular weight excluding hydrogens is 435 g/mol. The number of thiazole rings is 1. The summed E-state index contributed by atoms with van der Waals surface area (Å²) in [5.41, 5.74) is 4.74. The molecule has 8 heteroatoms. The van der Waals surface area contributed by atoms with Gasteiger partial charge in [-0.1, -0.05) is 0 Å². The molecule has 134 valence electrons. The summed E-state index contributed by atoms with van der Waals surface area (Å²) in [4.78, 5) is 10.1. The van der Waals surface area contributed by atoms with E-state index in [-0.39, 0.29) is 24.0 Å². The first-order valence-corrected chi connectivity index (χ1v) is 8.60. The Hall–Kier alpha value is -1.16. The molecule has 0 radical (unpaired) electrons.